The Balaban J connectivity index is 2.21. The average molecular weight is 434 g/mol. The first kappa shape index (κ1) is 18.0. The fourth-order valence-corrected chi connectivity index (χ4v) is 3.32. The molecular formula is C15H23IN4O3. The van der Waals surface area contributed by atoms with Gasteiger partial charge in [-0.25, -0.2) is 9.78 Å². The number of methoxy groups -OCH3 is 1. The van der Waals surface area contributed by atoms with Crippen molar-refractivity contribution < 1.29 is 14.3 Å². The molecule has 1 saturated heterocycles. The number of hydrogen-bond acceptors (Lipinski definition) is 4. The van der Waals surface area contributed by atoms with Crippen LogP contribution in [0.3, 0.4) is 0 Å². The van der Waals surface area contributed by atoms with Crippen molar-refractivity contribution in [3.05, 3.63) is 15.7 Å². The number of nitrogens with one attached hydrogen (secondary N) is 2. The van der Waals surface area contributed by atoms with Gasteiger partial charge in [0, 0.05) is 6.54 Å². The highest BCUT2D eigenvalue weighted by molar-refractivity contribution is 14.1. The Morgan fingerprint density at radius 2 is 2.22 bits per heavy atom. The molecule has 1 aromatic rings. The van der Waals surface area contributed by atoms with Gasteiger partial charge in [-0.1, -0.05) is 20.8 Å². The second-order valence-electron chi connectivity index (χ2n) is 6.32. The zero-order valence-electron chi connectivity index (χ0n) is 13.8. The average Bonchev–Trinajstić information content (AvgIpc) is 3.09. The summed E-state index contributed by atoms with van der Waals surface area (Å²) in [6.45, 7) is 6.59. The molecule has 2 N–H and O–H groups in total. The maximum absolute atomic E-state index is 13.0. The van der Waals surface area contributed by atoms with Crippen molar-refractivity contribution in [2.75, 3.05) is 13.7 Å². The van der Waals surface area contributed by atoms with Crippen molar-refractivity contribution in [1.29, 1.82) is 0 Å². The number of alkyl carbamates (subject to hydrolysis) is 1. The lowest BCUT2D eigenvalue weighted by molar-refractivity contribution is -0.135. The molecule has 2 amide bonds. The van der Waals surface area contributed by atoms with E-state index in [4.69, 9.17) is 0 Å². The van der Waals surface area contributed by atoms with Crippen LogP contribution in [0.25, 0.3) is 0 Å². The Bertz CT molecular complexity index is 575. The second-order valence-corrected chi connectivity index (χ2v) is 7.48. The standard InChI is InChI=1S/C15H23IN4O3/c1-8(2)12(19-15(22)23-4)14(21)20-7-9(3)5-10(20)13-17-6-11(16)18-13/h6,8-10,12H,5,7H2,1-4H3,(H,17,18)(H,19,22)/t9-,10-,12-/m0/s1. The van der Waals surface area contributed by atoms with Gasteiger partial charge in [0.2, 0.25) is 5.91 Å². The normalized spacial score (nSPS) is 22.3. The molecule has 2 heterocycles. The van der Waals surface area contributed by atoms with Gasteiger partial charge in [0.25, 0.3) is 0 Å². The molecule has 0 unspecified atom stereocenters. The van der Waals surface area contributed by atoms with Crippen molar-refractivity contribution >= 4 is 34.6 Å². The van der Waals surface area contributed by atoms with Gasteiger partial charge in [-0.15, -0.1) is 0 Å². The maximum Gasteiger partial charge on any atom is 0.407 e. The lowest BCUT2D eigenvalue weighted by atomic mass is 10.0. The number of carbonyl (C=O) groups is 2. The number of hydrogen-bond donors (Lipinski definition) is 2. The number of amides is 2. The largest absolute Gasteiger partial charge is 0.453 e. The highest BCUT2D eigenvalue weighted by Gasteiger charge is 2.39. The predicted octanol–water partition coefficient (Wildman–Crippen LogP) is 2.30. The molecule has 1 aliphatic heterocycles. The van der Waals surface area contributed by atoms with E-state index in [0.717, 1.165) is 15.9 Å². The van der Waals surface area contributed by atoms with Crippen molar-refractivity contribution in [2.24, 2.45) is 11.8 Å². The first-order valence-corrected chi connectivity index (χ1v) is 8.76. The van der Waals surface area contributed by atoms with E-state index in [1.54, 1.807) is 6.20 Å². The quantitative estimate of drug-likeness (QED) is 0.713. The van der Waals surface area contributed by atoms with Crippen LogP contribution in [0.4, 0.5) is 4.79 Å². The Morgan fingerprint density at radius 1 is 1.52 bits per heavy atom. The van der Waals surface area contributed by atoms with Gasteiger partial charge >= 0.3 is 6.09 Å². The van der Waals surface area contributed by atoms with Crippen LogP contribution in [0.15, 0.2) is 6.20 Å². The molecule has 1 aromatic heterocycles. The van der Waals surface area contributed by atoms with E-state index in [0.29, 0.717) is 12.5 Å². The molecule has 0 saturated carbocycles. The molecule has 2 rings (SSSR count). The Labute approximate surface area is 149 Å². The Morgan fingerprint density at radius 3 is 2.74 bits per heavy atom. The Hall–Kier alpha value is -1.32. The van der Waals surface area contributed by atoms with E-state index in [1.807, 2.05) is 18.7 Å². The number of imidazole rings is 1. The van der Waals surface area contributed by atoms with Crippen molar-refractivity contribution in [3.63, 3.8) is 0 Å². The topological polar surface area (TPSA) is 87.3 Å². The van der Waals surface area contributed by atoms with Crippen LogP contribution >= 0.6 is 22.6 Å². The number of halogens is 1. The number of ether oxygens (including phenoxy) is 1. The summed E-state index contributed by atoms with van der Waals surface area (Å²) in [5.41, 5.74) is 0. The number of aromatic nitrogens is 2. The van der Waals surface area contributed by atoms with Gasteiger partial charge in [-0.05, 0) is 40.8 Å². The number of aromatic amines is 1. The number of H-pyrrole nitrogens is 1. The molecule has 0 aromatic carbocycles. The number of carbonyl (C=O) groups excluding carboxylic acids is 2. The van der Waals surface area contributed by atoms with Gasteiger partial charge in [0.15, 0.2) is 0 Å². The minimum atomic E-state index is -0.607. The minimum Gasteiger partial charge on any atom is -0.453 e. The van der Waals surface area contributed by atoms with Gasteiger partial charge in [-0.2, -0.15) is 0 Å². The van der Waals surface area contributed by atoms with Crippen molar-refractivity contribution in [1.82, 2.24) is 20.2 Å². The molecule has 0 radical (unpaired) electrons. The summed E-state index contributed by atoms with van der Waals surface area (Å²) in [4.78, 5) is 33.9. The zero-order chi connectivity index (χ0) is 17.1. The first-order valence-electron chi connectivity index (χ1n) is 7.68. The molecule has 0 spiro atoms. The van der Waals surface area contributed by atoms with Gasteiger partial charge in [-0.3, -0.25) is 4.79 Å². The summed E-state index contributed by atoms with van der Waals surface area (Å²) in [6, 6.07) is -0.689. The van der Waals surface area contributed by atoms with E-state index in [2.05, 4.69) is 49.5 Å². The summed E-state index contributed by atoms with van der Waals surface area (Å²) < 4.78 is 5.58. The minimum absolute atomic E-state index is 0.0325. The molecule has 3 atom stereocenters. The van der Waals surface area contributed by atoms with Crippen LogP contribution in [0.1, 0.15) is 39.1 Å². The fraction of sp³-hybridized carbons (Fsp3) is 0.667. The molecule has 1 fully saturated rings. The van der Waals surface area contributed by atoms with Crippen LogP contribution in [-0.4, -0.2) is 46.6 Å². The van der Waals surface area contributed by atoms with Gasteiger partial charge in [0.1, 0.15) is 11.9 Å². The fourth-order valence-electron chi connectivity index (χ4n) is 2.91. The van der Waals surface area contributed by atoms with Gasteiger partial charge in [0.05, 0.1) is 23.0 Å². The van der Waals surface area contributed by atoms with Gasteiger partial charge < -0.3 is 19.9 Å². The van der Waals surface area contributed by atoms with E-state index >= 15 is 0 Å². The lowest BCUT2D eigenvalue weighted by Gasteiger charge is -2.30. The van der Waals surface area contributed by atoms with Crippen molar-refractivity contribution in [3.8, 4) is 0 Å². The van der Waals surface area contributed by atoms with E-state index in [1.165, 1.54) is 7.11 Å². The molecule has 7 nitrogen and oxygen atoms in total. The van der Waals surface area contributed by atoms with Crippen LogP contribution < -0.4 is 5.32 Å². The summed E-state index contributed by atoms with van der Waals surface area (Å²) in [5, 5.41) is 2.65. The van der Waals surface area contributed by atoms with Crippen molar-refractivity contribution in [2.45, 2.75) is 39.3 Å². The highest BCUT2D eigenvalue weighted by atomic mass is 127. The highest BCUT2D eigenvalue weighted by Crippen LogP contribution is 2.34. The number of rotatable bonds is 4. The molecule has 8 heteroatoms. The lowest BCUT2D eigenvalue weighted by Crippen LogP contribution is -2.51. The predicted molar refractivity (Wildman–Crippen MR) is 93.7 cm³/mol. The maximum atomic E-state index is 13.0. The zero-order valence-corrected chi connectivity index (χ0v) is 16.0. The van der Waals surface area contributed by atoms with E-state index in [-0.39, 0.29) is 17.9 Å². The third kappa shape index (κ3) is 4.15. The smallest absolute Gasteiger partial charge is 0.407 e. The monoisotopic (exact) mass is 434 g/mol. The van der Waals surface area contributed by atoms with E-state index < -0.39 is 12.1 Å². The SMILES string of the molecule is COC(=O)N[C@H](C(=O)N1C[C@@H](C)C[C@H]1c1ncc(I)[nH]1)C(C)C. The van der Waals surface area contributed by atoms with E-state index in [9.17, 15) is 9.59 Å². The molecule has 0 bridgehead atoms. The molecule has 128 valence electrons. The molecule has 23 heavy (non-hydrogen) atoms. The molecule has 0 aliphatic carbocycles. The third-order valence-electron chi connectivity index (χ3n) is 4.06. The van der Waals surface area contributed by atoms with Crippen LogP contribution in [0.5, 0.6) is 0 Å². The third-order valence-corrected chi connectivity index (χ3v) is 4.61. The Kier molecular flexibility index (Phi) is 5.88. The number of likely N-dealkylation sites (tertiary alicyclic amines) is 1. The molecule has 1 aliphatic rings. The summed E-state index contributed by atoms with van der Waals surface area (Å²) in [7, 11) is 1.29. The summed E-state index contributed by atoms with van der Waals surface area (Å²) in [6.07, 6.45) is 2.03. The molecular weight excluding hydrogens is 411 g/mol. The summed E-state index contributed by atoms with van der Waals surface area (Å²) in [5.74, 6) is 1.06. The first-order chi connectivity index (χ1) is 10.8. The van der Waals surface area contributed by atoms with Crippen LogP contribution in [0.2, 0.25) is 0 Å². The van der Waals surface area contributed by atoms with Crippen LogP contribution in [-0.2, 0) is 9.53 Å². The van der Waals surface area contributed by atoms with Crippen LogP contribution in [0, 0.1) is 15.5 Å². The summed E-state index contributed by atoms with van der Waals surface area (Å²) >= 11 is 2.17. The second kappa shape index (κ2) is 7.50. The number of nitrogens with zero attached hydrogens (tertiary/aromatic N) is 2.